The van der Waals surface area contributed by atoms with E-state index >= 15 is 0 Å². The van der Waals surface area contributed by atoms with E-state index in [1.165, 1.54) is 0 Å². The number of anilines is 2. The quantitative estimate of drug-likeness (QED) is 0.375. The number of methoxy groups -OCH3 is 1. The molecule has 1 aliphatic rings. The summed E-state index contributed by atoms with van der Waals surface area (Å²) < 4.78 is 22.1. The molecule has 1 fully saturated rings. The minimum atomic E-state index is -1.02. The van der Waals surface area contributed by atoms with Crippen molar-refractivity contribution in [2.24, 2.45) is 0 Å². The number of benzene rings is 1. The topological polar surface area (TPSA) is 108 Å². The first-order valence-electron chi connectivity index (χ1n) is 11.5. The van der Waals surface area contributed by atoms with E-state index in [4.69, 9.17) is 9.84 Å². The number of hydrogen-bond acceptors (Lipinski definition) is 7. The van der Waals surface area contributed by atoms with Gasteiger partial charge >= 0.3 is 0 Å². The van der Waals surface area contributed by atoms with Crippen LogP contribution < -0.4 is 15.6 Å². The molecule has 182 valence electrons. The Kier molecular flexibility index (Phi) is 6.47. The molecule has 10 heteroatoms. The molecule has 1 aliphatic heterocycles. The Morgan fingerprint density at radius 2 is 2.17 bits per heavy atom. The number of alkyl halides is 1. The molecule has 0 saturated carbocycles. The van der Waals surface area contributed by atoms with Gasteiger partial charge in [0.25, 0.3) is 5.56 Å². The van der Waals surface area contributed by atoms with Crippen molar-refractivity contribution in [3.8, 4) is 17.0 Å². The Morgan fingerprint density at radius 1 is 1.29 bits per heavy atom. The van der Waals surface area contributed by atoms with E-state index in [2.05, 4.69) is 20.4 Å². The van der Waals surface area contributed by atoms with E-state index < -0.39 is 6.17 Å². The Morgan fingerprint density at radius 3 is 2.94 bits per heavy atom. The molecule has 0 bridgehead atoms. The normalized spacial score (nSPS) is 18.6. The summed E-state index contributed by atoms with van der Waals surface area (Å²) in [5.74, 6) is 0.657. The number of hydrogen-bond donors (Lipinski definition) is 3. The molecule has 3 aromatic heterocycles. The SMILES string of the molecule is COc1cc([C@@H]2CCN(CCO)C[C@H]2F)ccc1Nc1ncc2ccc(-c3ccc[nH]c3=O)n2n1. The summed E-state index contributed by atoms with van der Waals surface area (Å²) >= 11 is 0. The van der Waals surface area contributed by atoms with E-state index in [1.54, 1.807) is 36.2 Å². The lowest BCUT2D eigenvalue weighted by molar-refractivity contribution is 0.0995. The largest absolute Gasteiger partial charge is 0.495 e. The highest BCUT2D eigenvalue weighted by Crippen LogP contribution is 2.36. The highest BCUT2D eigenvalue weighted by molar-refractivity contribution is 5.67. The van der Waals surface area contributed by atoms with Crippen LogP contribution in [0.1, 0.15) is 17.9 Å². The van der Waals surface area contributed by atoms with Crippen LogP contribution in [0.25, 0.3) is 16.8 Å². The van der Waals surface area contributed by atoms with Gasteiger partial charge in [0.1, 0.15) is 11.9 Å². The standard InChI is InChI=1S/C25H27FN6O3/c1-35-23-13-16(18-8-10-31(11-12-33)15-20(18)26)4-6-21(23)29-25-28-14-17-5-7-22(32(17)30-25)19-3-2-9-27-24(19)34/h2-7,9,13-14,18,20,33H,8,10-12,15H2,1H3,(H,27,34)(H,29,30)/t18-,20+/m0/s1. The number of pyridine rings is 1. The molecule has 3 N–H and O–H groups in total. The Balaban J connectivity index is 1.40. The van der Waals surface area contributed by atoms with Crippen molar-refractivity contribution < 1.29 is 14.2 Å². The van der Waals surface area contributed by atoms with Crippen molar-refractivity contribution in [3.63, 3.8) is 0 Å². The molecule has 0 unspecified atom stereocenters. The third kappa shape index (κ3) is 4.62. The Hall–Kier alpha value is -3.76. The monoisotopic (exact) mass is 478 g/mol. The minimum Gasteiger partial charge on any atom is -0.495 e. The molecule has 9 nitrogen and oxygen atoms in total. The summed E-state index contributed by atoms with van der Waals surface area (Å²) in [5.41, 5.74) is 3.22. The van der Waals surface area contributed by atoms with Gasteiger partial charge in [0.15, 0.2) is 0 Å². The van der Waals surface area contributed by atoms with Gasteiger partial charge in [-0.05, 0) is 54.9 Å². The maximum atomic E-state index is 14.9. The Labute approximate surface area is 201 Å². The van der Waals surface area contributed by atoms with Gasteiger partial charge < -0.3 is 20.1 Å². The van der Waals surface area contributed by atoms with Gasteiger partial charge in [-0.1, -0.05) is 6.07 Å². The predicted molar refractivity (Wildman–Crippen MR) is 131 cm³/mol. The van der Waals surface area contributed by atoms with Gasteiger partial charge in [-0.25, -0.2) is 13.9 Å². The van der Waals surface area contributed by atoms with E-state index in [-0.39, 0.29) is 18.1 Å². The molecule has 4 heterocycles. The molecule has 4 aromatic rings. The van der Waals surface area contributed by atoms with Crippen LogP contribution in [0.4, 0.5) is 16.0 Å². The molecule has 0 aliphatic carbocycles. The van der Waals surface area contributed by atoms with Crippen molar-refractivity contribution in [1.29, 1.82) is 0 Å². The highest BCUT2D eigenvalue weighted by Gasteiger charge is 2.30. The second kappa shape index (κ2) is 9.85. The van der Waals surface area contributed by atoms with E-state index in [0.717, 1.165) is 17.6 Å². The molecular weight excluding hydrogens is 451 g/mol. The van der Waals surface area contributed by atoms with Crippen molar-refractivity contribution in [2.75, 3.05) is 38.7 Å². The number of H-pyrrole nitrogens is 1. The summed E-state index contributed by atoms with van der Waals surface area (Å²) in [4.78, 5) is 21.3. The summed E-state index contributed by atoms with van der Waals surface area (Å²) in [6.07, 6.45) is 2.91. The molecule has 0 radical (unpaired) electrons. The van der Waals surface area contributed by atoms with Gasteiger partial charge in [0, 0.05) is 25.2 Å². The first-order valence-corrected chi connectivity index (χ1v) is 11.5. The maximum absolute atomic E-state index is 14.9. The number of rotatable bonds is 7. The van der Waals surface area contributed by atoms with Gasteiger partial charge in [-0.3, -0.25) is 9.69 Å². The van der Waals surface area contributed by atoms with Crippen LogP contribution in [0, 0.1) is 0 Å². The van der Waals surface area contributed by atoms with Crippen LogP contribution in [-0.2, 0) is 0 Å². The minimum absolute atomic E-state index is 0.0335. The molecular formula is C25H27FN6O3. The van der Waals surface area contributed by atoms with Crippen LogP contribution >= 0.6 is 0 Å². The predicted octanol–water partition coefficient (Wildman–Crippen LogP) is 2.96. The summed E-state index contributed by atoms with van der Waals surface area (Å²) in [5, 5.41) is 16.9. The number of likely N-dealkylation sites (tertiary alicyclic amines) is 1. The number of halogens is 1. The molecule has 2 atom stereocenters. The first kappa shape index (κ1) is 23.0. The highest BCUT2D eigenvalue weighted by atomic mass is 19.1. The number of β-amino-alcohol motifs (C(OH)–C–C–N with tert-alkyl or cyclic N) is 1. The molecule has 1 saturated heterocycles. The number of nitrogens with one attached hydrogen (secondary N) is 2. The van der Waals surface area contributed by atoms with Crippen LogP contribution in [-0.4, -0.2) is 69.1 Å². The number of aliphatic hydroxyl groups excluding tert-OH is 1. The fraction of sp³-hybridized carbons (Fsp3) is 0.320. The van der Waals surface area contributed by atoms with Crippen LogP contribution in [0.15, 0.2) is 59.7 Å². The van der Waals surface area contributed by atoms with Crippen LogP contribution in [0.3, 0.4) is 0 Å². The third-order valence-corrected chi connectivity index (χ3v) is 6.43. The zero-order valence-electron chi connectivity index (χ0n) is 19.3. The number of aliphatic hydroxyl groups is 1. The summed E-state index contributed by atoms with van der Waals surface area (Å²) in [7, 11) is 1.57. The number of piperidine rings is 1. The van der Waals surface area contributed by atoms with E-state index in [1.807, 2.05) is 35.2 Å². The van der Waals surface area contributed by atoms with Crippen LogP contribution in [0.2, 0.25) is 0 Å². The van der Waals surface area contributed by atoms with E-state index in [9.17, 15) is 9.18 Å². The molecule has 0 amide bonds. The van der Waals surface area contributed by atoms with Gasteiger partial charge in [0.05, 0.1) is 42.4 Å². The lowest BCUT2D eigenvalue weighted by Gasteiger charge is -2.34. The lowest BCUT2D eigenvalue weighted by Crippen LogP contribution is -2.42. The number of fused-ring (bicyclic) bond motifs is 1. The number of aromatic nitrogens is 4. The molecule has 35 heavy (non-hydrogen) atoms. The van der Waals surface area contributed by atoms with Gasteiger partial charge in [0.2, 0.25) is 5.95 Å². The third-order valence-electron chi connectivity index (χ3n) is 6.43. The van der Waals surface area contributed by atoms with Crippen molar-refractivity contribution in [2.45, 2.75) is 18.5 Å². The zero-order chi connectivity index (χ0) is 24.4. The summed E-state index contributed by atoms with van der Waals surface area (Å²) in [6, 6.07) is 12.8. The molecule has 5 rings (SSSR count). The smallest absolute Gasteiger partial charge is 0.257 e. The fourth-order valence-corrected chi connectivity index (χ4v) is 4.64. The first-order chi connectivity index (χ1) is 17.1. The average molecular weight is 479 g/mol. The van der Waals surface area contributed by atoms with Crippen molar-refractivity contribution in [3.05, 3.63) is 70.8 Å². The second-order valence-electron chi connectivity index (χ2n) is 8.57. The van der Waals surface area contributed by atoms with Crippen molar-refractivity contribution in [1.82, 2.24) is 24.5 Å². The second-order valence-corrected chi connectivity index (χ2v) is 8.57. The molecule has 1 aromatic carbocycles. The van der Waals surface area contributed by atoms with Gasteiger partial charge in [-0.2, -0.15) is 0 Å². The summed E-state index contributed by atoms with van der Waals surface area (Å²) in [6.45, 7) is 1.58. The van der Waals surface area contributed by atoms with E-state index in [0.29, 0.717) is 48.2 Å². The maximum Gasteiger partial charge on any atom is 0.257 e. The lowest BCUT2D eigenvalue weighted by atomic mass is 9.87. The fourth-order valence-electron chi connectivity index (χ4n) is 4.64. The number of aromatic amines is 1. The number of ether oxygens (including phenoxy) is 1. The average Bonchev–Trinajstić information content (AvgIpc) is 3.28. The van der Waals surface area contributed by atoms with Gasteiger partial charge in [-0.15, -0.1) is 5.10 Å². The van der Waals surface area contributed by atoms with Crippen LogP contribution in [0.5, 0.6) is 5.75 Å². The van der Waals surface area contributed by atoms with Crippen molar-refractivity contribution >= 4 is 17.2 Å². The zero-order valence-corrected chi connectivity index (χ0v) is 19.3. The Bertz CT molecular complexity index is 1390. The molecule has 0 spiro atoms. The number of nitrogens with zero attached hydrogens (tertiary/aromatic N) is 4.